The average molecular weight is 285 g/mol. The number of anilines is 1. The fourth-order valence-corrected chi connectivity index (χ4v) is 2.07. The van der Waals surface area contributed by atoms with Crippen LogP contribution in [0, 0.1) is 5.82 Å². The molecule has 1 aliphatic carbocycles. The first kappa shape index (κ1) is 13.7. The molecule has 1 fully saturated rings. The first-order valence-corrected chi connectivity index (χ1v) is 6.95. The minimum atomic E-state index is -0.624. The zero-order valence-corrected chi connectivity index (χ0v) is 11.5. The van der Waals surface area contributed by atoms with E-state index in [-0.39, 0.29) is 5.56 Å². The van der Waals surface area contributed by atoms with Crippen molar-refractivity contribution in [2.24, 2.45) is 0 Å². The number of hydrogen-bond acceptors (Lipinski definition) is 3. The van der Waals surface area contributed by atoms with E-state index in [2.05, 4.69) is 15.6 Å². The Balaban J connectivity index is 1.67. The molecule has 2 aromatic rings. The number of nitrogens with zero attached hydrogens (tertiary/aromatic N) is 1. The summed E-state index contributed by atoms with van der Waals surface area (Å²) < 4.78 is 13.5. The van der Waals surface area contributed by atoms with E-state index >= 15 is 0 Å². The van der Waals surface area contributed by atoms with Crippen LogP contribution in [0.15, 0.2) is 42.7 Å². The molecule has 1 heterocycles. The quantitative estimate of drug-likeness (QED) is 0.888. The molecule has 3 rings (SSSR count). The number of carbonyl (C=O) groups is 1. The predicted octanol–water partition coefficient (Wildman–Crippen LogP) is 2.73. The van der Waals surface area contributed by atoms with Gasteiger partial charge in [-0.1, -0.05) is 12.1 Å². The molecule has 1 amide bonds. The SMILES string of the molecule is O=C(Nc1cccc(CNC2CC2)c1)c1ccncc1F. The third kappa shape index (κ3) is 3.64. The van der Waals surface area contributed by atoms with Gasteiger partial charge in [0.05, 0.1) is 11.8 Å². The largest absolute Gasteiger partial charge is 0.322 e. The van der Waals surface area contributed by atoms with Gasteiger partial charge in [-0.05, 0) is 36.6 Å². The number of rotatable bonds is 5. The second-order valence-corrected chi connectivity index (χ2v) is 5.17. The Morgan fingerprint density at radius 3 is 2.95 bits per heavy atom. The summed E-state index contributed by atoms with van der Waals surface area (Å²) in [4.78, 5) is 15.7. The van der Waals surface area contributed by atoms with Gasteiger partial charge in [-0.2, -0.15) is 0 Å². The highest BCUT2D eigenvalue weighted by Crippen LogP contribution is 2.20. The van der Waals surface area contributed by atoms with Crippen LogP contribution < -0.4 is 10.6 Å². The molecule has 0 saturated heterocycles. The lowest BCUT2D eigenvalue weighted by molar-refractivity contribution is 0.102. The van der Waals surface area contributed by atoms with E-state index in [4.69, 9.17) is 0 Å². The molecular formula is C16H16FN3O. The molecule has 0 radical (unpaired) electrons. The number of pyridine rings is 1. The van der Waals surface area contributed by atoms with Gasteiger partial charge in [0.2, 0.25) is 0 Å². The third-order valence-electron chi connectivity index (χ3n) is 3.37. The summed E-state index contributed by atoms with van der Waals surface area (Å²) in [5.74, 6) is -1.09. The van der Waals surface area contributed by atoms with Crippen LogP contribution in [0.25, 0.3) is 0 Å². The summed E-state index contributed by atoms with van der Waals surface area (Å²) >= 11 is 0. The molecule has 2 N–H and O–H groups in total. The zero-order valence-electron chi connectivity index (χ0n) is 11.5. The van der Waals surface area contributed by atoms with Crippen molar-refractivity contribution in [2.75, 3.05) is 5.32 Å². The maximum absolute atomic E-state index is 13.5. The number of amides is 1. The Labute approximate surface area is 122 Å². The van der Waals surface area contributed by atoms with Crippen LogP contribution in [0.4, 0.5) is 10.1 Å². The van der Waals surface area contributed by atoms with Crippen molar-refractivity contribution >= 4 is 11.6 Å². The molecule has 4 nitrogen and oxygen atoms in total. The van der Waals surface area contributed by atoms with Gasteiger partial charge in [-0.15, -0.1) is 0 Å². The summed E-state index contributed by atoms with van der Waals surface area (Å²) in [6.07, 6.45) is 4.90. The van der Waals surface area contributed by atoms with Gasteiger partial charge in [-0.25, -0.2) is 4.39 Å². The summed E-state index contributed by atoms with van der Waals surface area (Å²) in [7, 11) is 0. The maximum atomic E-state index is 13.5. The van der Waals surface area contributed by atoms with Crippen molar-refractivity contribution in [2.45, 2.75) is 25.4 Å². The van der Waals surface area contributed by atoms with E-state index < -0.39 is 11.7 Å². The maximum Gasteiger partial charge on any atom is 0.258 e. The van der Waals surface area contributed by atoms with Gasteiger partial charge in [0.1, 0.15) is 0 Å². The van der Waals surface area contributed by atoms with Crippen LogP contribution in [0.2, 0.25) is 0 Å². The van der Waals surface area contributed by atoms with Crippen LogP contribution in [-0.2, 0) is 6.54 Å². The van der Waals surface area contributed by atoms with Crippen molar-refractivity contribution < 1.29 is 9.18 Å². The lowest BCUT2D eigenvalue weighted by Gasteiger charge is -2.08. The van der Waals surface area contributed by atoms with Crippen molar-refractivity contribution in [3.63, 3.8) is 0 Å². The van der Waals surface area contributed by atoms with Crippen molar-refractivity contribution in [1.82, 2.24) is 10.3 Å². The molecular weight excluding hydrogens is 269 g/mol. The molecule has 1 aromatic heterocycles. The van der Waals surface area contributed by atoms with E-state index in [0.29, 0.717) is 11.7 Å². The zero-order chi connectivity index (χ0) is 14.7. The van der Waals surface area contributed by atoms with Crippen molar-refractivity contribution in [1.29, 1.82) is 0 Å². The molecule has 1 saturated carbocycles. The number of aromatic nitrogens is 1. The number of halogens is 1. The Hall–Kier alpha value is -2.27. The van der Waals surface area contributed by atoms with Gasteiger partial charge in [0, 0.05) is 24.5 Å². The smallest absolute Gasteiger partial charge is 0.258 e. The van der Waals surface area contributed by atoms with Crippen LogP contribution in [-0.4, -0.2) is 16.9 Å². The first-order valence-electron chi connectivity index (χ1n) is 6.95. The molecule has 108 valence electrons. The van der Waals surface area contributed by atoms with Gasteiger partial charge in [-0.3, -0.25) is 9.78 Å². The summed E-state index contributed by atoms with van der Waals surface area (Å²) in [5.41, 5.74) is 1.74. The van der Waals surface area contributed by atoms with E-state index in [0.717, 1.165) is 18.3 Å². The third-order valence-corrected chi connectivity index (χ3v) is 3.37. The fraction of sp³-hybridized carbons (Fsp3) is 0.250. The Bertz CT molecular complexity index is 655. The van der Waals surface area contributed by atoms with Gasteiger partial charge in [0.15, 0.2) is 5.82 Å². The van der Waals surface area contributed by atoms with E-state index in [1.807, 2.05) is 18.2 Å². The number of hydrogen-bond donors (Lipinski definition) is 2. The van der Waals surface area contributed by atoms with Gasteiger partial charge >= 0.3 is 0 Å². The lowest BCUT2D eigenvalue weighted by atomic mass is 10.2. The molecule has 0 aliphatic heterocycles. The second kappa shape index (κ2) is 6.01. The minimum absolute atomic E-state index is 0.00786. The topological polar surface area (TPSA) is 54.0 Å². The molecule has 0 bridgehead atoms. The summed E-state index contributed by atoms with van der Waals surface area (Å²) in [5, 5.41) is 6.12. The summed E-state index contributed by atoms with van der Waals surface area (Å²) in [6.45, 7) is 0.776. The predicted molar refractivity (Wildman–Crippen MR) is 78.5 cm³/mol. The highest BCUT2D eigenvalue weighted by molar-refractivity contribution is 6.04. The molecule has 0 spiro atoms. The van der Waals surface area contributed by atoms with E-state index in [1.54, 1.807) is 6.07 Å². The molecule has 1 aliphatic rings. The highest BCUT2D eigenvalue weighted by atomic mass is 19.1. The van der Waals surface area contributed by atoms with E-state index in [9.17, 15) is 9.18 Å². The Kier molecular flexibility index (Phi) is 3.92. The second-order valence-electron chi connectivity index (χ2n) is 5.17. The van der Waals surface area contributed by atoms with Crippen molar-refractivity contribution in [3.8, 4) is 0 Å². The van der Waals surface area contributed by atoms with Crippen LogP contribution in [0.1, 0.15) is 28.8 Å². The van der Waals surface area contributed by atoms with Gasteiger partial charge in [0.25, 0.3) is 5.91 Å². The van der Waals surface area contributed by atoms with Crippen LogP contribution in [0.5, 0.6) is 0 Å². The Morgan fingerprint density at radius 1 is 1.33 bits per heavy atom. The minimum Gasteiger partial charge on any atom is -0.322 e. The van der Waals surface area contributed by atoms with Crippen LogP contribution >= 0.6 is 0 Å². The lowest BCUT2D eigenvalue weighted by Crippen LogP contribution is -2.16. The molecule has 5 heteroatoms. The monoisotopic (exact) mass is 285 g/mol. The number of carbonyl (C=O) groups excluding carboxylic acids is 1. The standard InChI is InChI=1S/C16H16FN3O/c17-15-10-18-7-6-14(15)16(21)20-13-3-1-2-11(8-13)9-19-12-4-5-12/h1-3,6-8,10,12,19H,4-5,9H2,(H,20,21). The van der Waals surface area contributed by atoms with E-state index in [1.165, 1.54) is 25.1 Å². The Morgan fingerprint density at radius 2 is 2.19 bits per heavy atom. The highest BCUT2D eigenvalue weighted by Gasteiger charge is 2.20. The molecule has 21 heavy (non-hydrogen) atoms. The molecule has 1 aromatic carbocycles. The normalized spacial score (nSPS) is 14.0. The number of benzene rings is 1. The fourth-order valence-electron chi connectivity index (χ4n) is 2.07. The number of nitrogens with one attached hydrogen (secondary N) is 2. The molecule has 0 atom stereocenters. The summed E-state index contributed by atoms with van der Waals surface area (Å²) in [6, 6.07) is 9.56. The first-order chi connectivity index (χ1) is 10.2. The molecule has 0 unspecified atom stereocenters. The van der Waals surface area contributed by atoms with Crippen molar-refractivity contribution in [3.05, 3.63) is 59.7 Å². The van der Waals surface area contributed by atoms with Gasteiger partial charge < -0.3 is 10.6 Å². The van der Waals surface area contributed by atoms with Crippen LogP contribution in [0.3, 0.4) is 0 Å². The average Bonchev–Trinajstić information content (AvgIpc) is 3.30.